The monoisotopic (exact) mass is 265 g/mol. The zero-order valence-electron chi connectivity index (χ0n) is 10.3. The zero-order valence-corrected chi connectivity index (χ0v) is 10.3. The molecule has 0 N–H and O–H groups in total. The minimum absolute atomic E-state index is 0.0882. The number of non-ortho nitro benzene ring substituents is 1. The average molecular weight is 265 g/mol. The number of aromatic nitrogens is 1. The smallest absolute Gasteiger partial charge is 0.380 e. The molecule has 20 heavy (non-hydrogen) atoms. The number of hydrogen-bond acceptors (Lipinski definition) is 3. The summed E-state index contributed by atoms with van der Waals surface area (Å²) in [5.41, 5.74) is 3.43. The molecule has 4 rings (SSSR count). The van der Waals surface area contributed by atoms with E-state index in [0.717, 1.165) is 22.0 Å². The van der Waals surface area contributed by atoms with Crippen molar-refractivity contribution in [2.75, 3.05) is 0 Å². The fourth-order valence-electron chi connectivity index (χ4n) is 2.52. The van der Waals surface area contributed by atoms with Gasteiger partial charge in [-0.05, 0) is 12.1 Å². The largest absolute Gasteiger partial charge is 0.398 e. The first-order valence-electron chi connectivity index (χ1n) is 6.14. The van der Waals surface area contributed by atoms with Gasteiger partial charge in [-0.3, -0.25) is 10.1 Å². The molecule has 0 unspecified atom stereocenters. The molecule has 0 aliphatic carbocycles. The third kappa shape index (κ3) is 1.40. The van der Waals surface area contributed by atoms with Gasteiger partial charge < -0.3 is 4.42 Å². The number of oxazole rings is 1. The van der Waals surface area contributed by atoms with Crippen LogP contribution in [0, 0.1) is 10.1 Å². The van der Waals surface area contributed by atoms with Crippen molar-refractivity contribution >= 4 is 33.4 Å². The number of nitro benzene ring substituents is 1. The third-order valence-corrected chi connectivity index (χ3v) is 3.41. The van der Waals surface area contributed by atoms with Crippen LogP contribution in [0.15, 0.2) is 59.0 Å². The fourth-order valence-corrected chi connectivity index (χ4v) is 2.52. The summed E-state index contributed by atoms with van der Waals surface area (Å²) >= 11 is 0. The lowest BCUT2D eigenvalue weighted by molar-refractivity contribution is -0.454. The highest BCUT2D eigenvalue weighted by atomic mass is 16.6. The van der Waals surface area contributed by atoms with Crippen molar-refractivity contribution in [2.45, 2.75) is 0 Å². The van der Waals surface area contributed by atoms with Crippen LogP contribution in [0.25, 0.3) is 27.7 Å². The molecule has 0 saturated heterocycles. The van der Waals surface area contributed by atoms with Crippen LogP contribution in [0.4, 0.5) is 5.69 Å². The van der Waals surface area contributed by atoms with Gasteiger partial charge in [-0.15, -0.1) is 4.40 Å². The van der Waals surface area contributed by atoms with Gasteiger partial charge in [-0.1, -0.05) is 12.1 Å². The molecule has 0 radical (unpaired) electrons. The van der Waals surface area contributed by atoms with Crippen molar-refractivity contribution in [3.05, 3.63) is 64.7 Å². The molecule has 0 saturated carbocycles. The summed E-state index contributed by atoms with van der Waals surface area (Å²) in [4.78, 5) is 10.5. The maximum absolute atomic E-state index is 10.9. The van der Waals surface area contributed by atoms with Crippen molar-refractivity contribution < 1.29 is 13.7 Å². The van der Waals surface area contributed by atoms with Crippen molar-refractivity contribution in [3.8, 4) is 0 Å². The Bertz CT molecular complexity index is 988. The van der Waals surface area contributed by atoms with E-state index in [1.807, 2.05) is 40.8 Å². The first kappa shape index (κ1) is 10.9. The molecule has 0 aliphatic rings. The predicted molar refractivity (Wildman–Crippen MR) is 73.5 cm³/mol. The molecule has 4 aromatic rings. The number of hydrogen-bond donors (Lipinski definition) is 0. The number of rotatable bonds is 1. The van der Waals surface area contributed by atoms with Crippen molar-refractivity contribution in [1.82, 2.24) is 0 Å². The molecule has 0 bridgehead atoms. The Morgan fingerprint density at radius 2 is 1.85 bits per heavy atom. The predicted octanol–water partition coefficient (Wildman–Crippen LogP) is 3.23. The molecule has 5 nitrogen and oxygen atoms in total. The van der Waals surface area contributed by atoms with Gasteiger partial charge >= 0.3 is 5.71 Å². The molecule has 0 amide bonds. The summed E-state index contributed by atoms with van der Waals surface area (Å²) in [5, 5.41) is 11.7. The number of benzene rings is 2. The molecular weight excluding hydrogens is 256 g/mol. The minimum Gasteiger partial charge on any atom is -0.398 e. The lowest BCUT2D eigenvalue weighted by Gasteiger charge is -1.94. The fraction of sp³-hybridized carbons (Fsp3) is 0. The Kier molecular flexibility index (Phi) is 2.06. The number of nitro groups is 1. The summed E-state index contributed by atoms with van der Waals surface area (Å²) < 4.78 is 7.73. The molecule has 2 aromatic carbocycles. The molecule has 2 aromatic heterocycles. The second-order valence-corrected chi connectivity index (χ2v) is 4.58. The summed E-state index contributed by atoms with van der Waals surface area (Å²) in [7, 11) is 0. The van der Waals surface area contributed by atoms with Gasteiger partial charge in [-0.25, -0.2) is 0 Å². The van der Waals surface area contributed by atoms with Crippen LogP contribution in [0.3, 0.4) is 0 Å². The summed E-state index contributed by atoms with van der Waals surface area (Å²) in [6.07, 6.45) is 0. The zero-order chi connectivity index (χ0) is 13.7. The molecule has 0 aliphatic heterocycles. The van der Waals surface area contributed by atoms with Gasteiger partial charge in [-0.2, -0.15) is 0 Å². The molecule has 2 heterocycles. The lowest BCUT2D eigenvalue weighted by atomic mass is 10.2. The number of pyridine rings is 1. The third-order valence-electron chi connectivity index (χ3n) is 3.41. The first-order chi connectivity index (χ1) is 9.74. The maximum Gasteiger partial charge on any atom is 0.380 e. The minimum atomic E-state index is -0.387. The van der Waals surface area contributed by atoms with Gasteiger partial charge in [0.05, 0.1) is 16.4 Å². The van der Waals surface area contributed by atoms with E-state index in [1.54, 1.807) is 12.1 Å². The van der Waals surface area contributed by atoms with Crippen molar-refractivity contribution in [3.63, 3.8) is 0 Å². The highest BCUT2D eigenvalue weighted by molar-refractivity contribution is 5.82. The van der Waals surface area contributed by atoms with Crippen LogP contribution in [0.5, 0.6) is 0 Å². The lowest BCUT2D eigenvalue weighted by Crippen LogP contribution is -2.20. The molecule has 5 heteroatoms. The van der Waals surface area contributed by atoms with Gasteiger partial charge in [0.2, 0.25) is 11.1 Å². The van der Waals surface area contributed by atoms with E-state index in [1.165, 1.54) is 6.07 Å². The summed E-state index contributed by atoms with van der Waals surface area (Å²) in [5.74, 6) is 0. The van der Waals surface area contributed by atoms with E-state index in [-0.39, 0.29) is 10.6 Å². The van der Waals surface area contributed by atoms with Gasteiger partial charge in [0, 0.05) is 24.3 Å². The van der Waals surface area contributed by atoms with E-state index in [9.17, 15) is 10.1 Å². The van der Waals surface area contributed by atoms with Gasteiger partial charge in [0.15, 0.2) is 0 Å². The quantitative estimate of drug-likeness (QED) is 0.301. The van der Waals surface area contributed by atoms with Crippen LogP contribution in [0.2, 0.25) is 0 Å². The SMILES string of the molecule is O=[N+]([O-])c1ccc2c(ccc3oc4ccccc4[n+]32)c1. The molecule has 0 atom stereocenters. The Labute approximate surface area is 112 Å². The summed E-state index contributed by atoms with van der Waals surface area (Å²) in [6.45, 7) is 0. The second kappa shape index (κ2) is 3.77. The van der Waals surface area contributed by atoms with E-state index < -0.39 is 0 Å². The highest BCUT2D eigenvalue weighted by Gasteiger charge is 2.19. The number of nitrogens with zero attached hydrogens (tertiary/aromatic N) is 2. The Morgan fingerprint density at radius 1 is 1.00 bits per heavy atom. The van der Waals surface area contributed by atoms with E-state index in [2.05, 4.69) is 0 Å². The average Bonchev–Trinajstić information content (AvgIpc) is 2.85. The highest BCUT2D eigenvalue weighted by Crippen LogP contribution is 2.22. The number of para-hydroxylation sites is 2. The van der Waals surface area contributed by atoms with Crippen LogP contribution in [-0.4, -0.2) is 4.92 Å². The van der Waals surface area contributed by atoms with Gasteiger partial charge in [0.25, 0.3) is 11.2 Å². The second-order valence-electron chi connectivity index (χ2n) is 4.58. The first-order valence-corrected chi connectivity index (χ1v) is 6.14. The van der Waals surface area contributed by atoms with E-state index >= 15 is 0 Å². The van der Waals surface area contributed by atoms with Crippen LogP contribution in [-0.2, 0) is 0 Å². The number of fused-ring (bicyclic) bond motifs is 5. The van der Waals surface area contributed by atoms with Crippen LogP contribution < -0.4 is 4.40 Å². The normalized spacial score (nSPS) is 11.4. The molecule has 0 spiro atoms. The maximum atomic E-state index is 10.9. The van der Waals surface area contributed by atoms with Crippen LogP contribution in [0.1, 0.15) is 0 Å². The molecule has 0 fully saturated rings. The van der Waals surface area contributed by atoms with Crippen molar-refractivity contribution in [2.24, 2.45) is 0 Å². The Hall–Kier alpha value is -2.95. The molecular formula is C15H9N2O3+. The summed E-state index contributed by atoms with van der Waals surface area (Å²) in [6, 6.07) is 16.2. The molecule has 96 valence electrons. The van der Waals surface area contributed by atoms with E-state index in [4.69, 9.17) is 4.42 Å². The van der Waals surface area contributed by atoms with Crippen LogP contribution >= 0.6 is 0 Å². The van der Waals surface area contributed by atoms with Crippen molar-refractivity contribution in [1.29, 1.82) is 0 Å². The van der Waals surface area contributed by atoms with E-state index in [0.29, 0.717) is 5.71 Å². The standard InChI is InChI=1S/C15H9N2O3/c18-17(19)11-6-7-12-10(9-11)5-8-15-16(12)13-3-1-2-4-14(13)20-15/h1-9H/q+1. The Balaban J connectivity index is 2.20. The topological polar surface area (TPSA) is 60.4 Å². The van der Waals surface area contributed by atoms with Gasteiger partial charge in [0.1, 0.15) is 0 Å². The Morgan fingerprint density at radius 3 is 2.70 bits per heavy atom.